The SMILES string of the molecule is COc1ccc(NC(=O)N(CCN)C(=O)OC(C)(C)C)cc1. The molecule has 122 valence electrons. The van der Waals surface area contributed by atoms with Gasteiger partial charge < -0.3 is 20.5 Å². The lowest BCUT2D eigenvalue weighted by atomic mass is 10.2. The van der Waals surface area contributed by atoms with E-state index in [0.29, 0.717) is 11.4 Å². The molecule has 7 heteroatoms. The largest absolute Gasteiger partial charge is 0.497 e. The molecule has 1 aromatic rings. The maximum absolute atomic E-state index is 12.2. The summed E-state index contributed by atoms with van der Waals surface area (Å²) < 4.78 is 10.2. The Labute approximate surface area is 130 Å². The molecule has 0 saturated carbocycles. The van der Waals surface area contributed by atoms with Crippen molar-refractivity contribution in [3.8, 4) is 5.75 Å². The second-order valence-corrected chi connectivity index (χ2v) is 5.58. The number of hydrogen-bond acceptors (Lipinski definition) is 5. The van der Waals surface area contributed by atoms with Crippen molar-refractivity contribution in [2.75, 3.05) is 25.5 Å². The van der Waals surface area contributed by atoms with Crippen LogP contribution in [0.4, 0.5) is 15.3 Å². The predicted molar refractivity (Wildman–Crippen MR) is 84.0 cm³/mol. The number of urea groups is 1. The molecule has 7 nitrogen and oxygen atoms in total. The lowest BCUT2D eigenvalue weighted by molar-refractivity contribution is 0.0337. The highest BCUT2D eigenvalue weighted by Gasteiger charge is 2.26. The van der Waals surface area contributed by atoms with Gasteiger partial charge in [0.2, 0.25) is 0 Å². The Bertz CT molecular complexity index is 509. The molecule has 0 fully saturated rings. The molecule has 0 aliphatic heterocycles. The number of nitrogens with two attached hydrogens (primary N) is 1. The zero-order valence-corrected chi connectivity index (χ0v) is 13.4. The summed E-state index contributed by atoms with van der Waals surface area (Å²) in [5, 5.41) is 2.62. The molecule has 22 heavy (non-hydrogen) atoms. The van der Waals surface area contributed by atoms with E-state index in [-0.39, 0.29) is 13.1 Å². The number of anilines is 1. The van der Waals surface area contributed by atoms with Crippen LogP contribution in [-0.4, -0.2) is 42.8 Å². The summed E-state index contributed by atoms with van der Waals surface area (Å²) in [7, 11) is 1.55. The van der Waals surface area contributed by atoms with Gasteiger partial charge in [-0.3, -0.25) is 0 Å². The van der Waals surface area contributed by atoms with Gasteiger partial charge in [-0.15, -0.1) is 0 Å². The first-order valence-electron chi connectivity index (χ1n) is 6.92. The van der Waals surface area contributed by atoms with Crippen molar-refractivity contribution in [3.05, 3.63) is 24.3 Å². The molecule has 0 saturated heterocycles. The third-order valence-corrected chi connectivity index (χ3v) is 2.55. The summed E-state index contributed by atoms with van der Waals surface area (Å²) in [6.45, 7) is 5.40. The van der Waals surface area contributed by atoms with E-state index >= 15 is 0 Å². The molecular formula is C15H23N3O4. The number of carbonyl (C=O) groups is 2. The Morgan fingerprint density at radius 1 is 1.23 bits per heavy atom. The third kappa shape index (κ3) is 5.61. The lowest BCUT2D eigenvalue weighted by Gasteiger charge is -2.26. The fourth-order valence-corrected chi connectivity index (χ4v) is 1.59. The van der Waals surface area contributed by atoms with Crippen molar-refractivity contribution in [3.63, 3.8) is 0 Å². The summed E-state index contributed by atoms with van der Waals surface area (Å²) in [4.78, 5) is 25.2. The van der Waals surface area contributed by atoms with Gasteiger partial charge in [0.05, 0.1) is 7.11 Å². The van der Waals surface area contributed by atoms with Crippen molar-refractivity contribution in [2.45, 2.75) is 26.4 Å². The lowest BCUT2D eigenvalue weighted by Crippen LogP contribution is -2.45. The molecular weight excluding hydrogens is 286 g/mol. The van der Waals surface area contributed by atoms with Crippen LogP contribution in [-0.2, 0) is 4.74 Å². The number of methoxy groups -OCH3 is 1. The molecule has 0 bridgehead atoms. The van der Waals surface area contributed by atoms with Gasteiger partial charge in [0.1, 0.15) is 11.4 Å². The van der Waals surface area contributed by atoms with Gasteiger partial charge in [0, 0.05) is 18.8 Å². The highest BCUT2D eigenvalue weighted by Crippen LogP contribution is 2.16. The van der Waals surface area contributed by atoms with Crippen LogP contribution in [0, 0.1) is 0 Å². The van der Waals surface area contributed by atoms with Gasteiger partial charge in [0.25, 0.3) is 0 Å². The molecule has 0 aromatic heterocycles. The van der Waals surface area contributed by atoms with Crippen LogP contribution in [0.15, 0.2) is 24.3 Å². The standard InChI is InChI=1S/C15H23N3O4/c1-15(2,3)22-14(20)18(10-9-16)13(19)17-11-5-7-12(21-4)8-6-11/h5-8H,9-10,16H2,1-4H3,(H,17,19). The van der Waals surface area contributed by atoms with E-state index in [1.807, 2.05) is 0 Å². The minimum Gasteiger partial charge on any atom is -0.497 e. The van der Waals surface area contributed by atoms with Gasteiger partial charge in [-0.2, -0.15) is 0 Å². The van der Waals surface area contributed by atoms with Gasteiger partial charge in [-0.1, -0.05) is 0 Å². The minimum absolute atomic E-state index is 0.0664. The number of nitrogens with zero attached hydrogens (tertiary/aromatic N) is 1. The smallest absolute Gasteiger partial charge is 0.418 e. The number of imide groups is 1. The van der Waals surface area contributed by atoms with Crippen LogP contribution < -0.4 is 15.8 Å². The molecule has 0 aliphatic rings. The zero-order valence-electron chi connectivity index (χ0n) is 13.4. The fraction of sp³-hybridized carbons (Fsp3) is 0.467. The van der Waals surface area contributed by atoms with E-state index < -0.39 is 17.7 Å². The second kappa shape index (κ2) is 7.65. The quantitative estimate of drug-likeness (QED) is 0.891. The fourth-order valence-electron chi connectivity index (χ4n) is 1.59. The number of ether oxygens (including phenoxy) is 2. The monoisotopic (exact) mass is 309 g/mol. The minimum atomic E-state index is -0.732. The molecule has 0 spiro atoms. The predicted octanol–water partition coefficient (Wildman–Crippen LogP) is 2.42. The summed E-state index contributed by atoms with van der Waals surface area (Å²) in [5.74, 6) is 0.670. The number of benzene rings is 1. The number of amides is 3. The topological polar surface area (TPSA) is 93.9 Å². The normalized spacial score (nSPS) is 10.8. The Kier molecular flexibility index (Phi) is 6.18. The molecule has 3 amide bonds. The molecule has 3 N–H and O–H groups in total. The average Bonchev–Trinajstić information content (AvgIpc) is 2.43. The van der Waals surface area contributed by atoms with E-state index in [2.05, 4.69) is 5.32 Å². The van der Waals surface area contributed by atoms with E-state index in [1.165, 1.54) is 0 Å². The highest BCUT2D eigenvalue weighted by atomic mass is 16.6. The Balaban J connectivity index is 2.77. The summed E-state index contributed by atoms with van der Waals surface area (Å²) in [5.41, 5.74) is 5.30. The Morgan fingerprint density at radius 2 is 1.82 bits per heavy atom. The van der Waals surface area contributed by atoms with Crippen LogP contribution in [0.5, 0.6) is 5.75 Å². The maximum Gasteiger partial charge on any atom is 0.418 e. The van der Waals surface area contributed by atoms with Crippen LogP contribution in [0.3, 0.4) is 0 Å². The second-order valence-electron chi connectivity index (χ2n) is 5.58. The van der Waals surface area contributed by atoms with E-state index in [4.69, 9.17) is 15.2 Å². The van der Waals surface area contributed by atoms with Gasteiger partial charge in [-0.05, 0) is 45.0 Å². The Morgan fingerprint density at radius 3 is 2.27 bits per heavy atom. The summed E-state index contributed by atoms with van der Waals surface area (Å²) >= 11 is 0. The first-order chi connectivity index (χ1) is 10.3. The number of hydrogen-bond donors (Lipinski definition) is 2. The molecule has 0 radical (unpaired) electrons. The van der Waals surface area contributed by atoms with Crippen molar-refractivity contribution < 1.29 is 19.1 Å². The van der Waals surface area contributed by atoms with Gasteiger partial charge in [0.15, 0.2) is 0 Å². The van der Waals surface area contributed by atoms with Crippen LogP contribution in [0.25, 0.3) is 0 Å². The first-order valence-corrected chi connectivity index (χ1v) is 6.92. The van der Waals surface area contributed by atoms with Crippen molar-refractivity contribution >= 4 is 17.8 Å². The molecule has 0 heterocycles. The summed E-state index contributed by atoms with van der Waals surface area (Å²) in [6, 6.07) is 6.16. The third-order valence-electron chi connectivity index (χ3n) is 2.55. The number of nitrogens with one attached hydrogen (secondary N) is 1. The molecule has 1 aromatic carbocycles. The van der Waals surface area contributed by atoms with Crippen molar-refractivity contribution in [1.82, 2.24) is 4.90 Å². The van der Waals surface area contributed by atoms with E-state index in [1.54, 1.807) is 52.1 Å². The van der Waals surface area contributed by atoms with E-state index in [9.17, 15) is 9.59 Å². The highest BCUT2D eigenvalue weighted by molar-refractivity contribution is 5.99. The molecule has 0 aliphatic carbocycles. The van der Waals surface area contributed by atoms with Crippen LogP contribution in [0.2, 0.25) is 0 Å². The van der Waals surface area contributed by atoms with Crippen molar-refractivity contribution in [2.24, 2.45) is 5.73 Å². The van der Waals surface area contributed by atoms with Gasteiger partial charge >= 0.3 is 12.1 Å². The zero-order chi connectivity index (χ0) is 16.8. The first kappa shape index (κ1) is 17.8. The number of rotatable bonds is 4. The van der Waals surface area contributed by atoms with Crippen molar-refractivity contribution in [1.29, 1.82) is 0 Å². The average molecular weight is 309 g/mol. The summed E-state index contributed by atoms with van der Waals surface area (Å²) in [6.07, 6.45) is -0.732. The van der Waals surface area contributed by atoms with Gasteiger partial charge in [-0.25, -0.2) is 14.5 Å². The molecule has 0 unspecified atom stereocenters. The molecule has 0 atom stereocenters. The number of carbonyl (C=O) groups excluding carboxylic acids is 2. The molecule has 1 rings (SSSR count). The van der Waals surface area contributed by atoms with E-state index in [0.717, 1.165) is 4.90 Å². The maximum atomic E-state index is 12.2. The van der Waals surface area contributed by atoms with Crippen LogP contribution >= 0.6 is 0 Å². The Hall–Kier alpha value is -2.28. The van der Waals surface area contributed by atoms with Crippen LogP contribution in [0.1, 0.15) is 20.8 Å².